The van der Waals surface area contributed by atoms with Gasteiger partial charge in [0.15, 0.2) is 0 Å². The van der Waals surface area contributed by atoms with E-state index in [1.807, 2.05) is 0 Å². The van der Waals surface area contributed by atoms with E-state index in [0.717, 1.165) is 57.3 Å². The van der Waals surface area contributed by atoms with E-state index in [-0.39, 0.29) is 0 Å². The van der Waals surface area contributed by atoms with Crippen LogP contribution in [0.4, 0.5) is 0 Å². The molecule has 4 fully saturated rings. The number of amides is 1. The van der Waals surface area contributed by atoms with Crippen LogP contribution in [0.1, 0.15) is 64.7 Å². The first-order valence-corrected chi connectivity index (χ1v) is 12.2. The Bertz CT molecular complexity index is 483. The van der Waals surface area contributed by atoms with Gasteiger partial charge in [0, 0.05) is 51.4 Å². The summed E-state index contributed by atoms with van der Waals surface area (Å²) in [7, 11) is 0. The van der Waals surface area contributed by atoms with Crippen molar-refractivity contribution in [3.63, 3.8) is 0 Å². The van der Waals surface area contributed by atoms with Crippen LogP contribution in [0.25, 0.3) is 0 Å². The van der Waals surface area contributed by atoms with Crippen molar-refractivity contribution in [2.24, 2.45) is 5.92 Å². The first-order valence-electron chi connectivity index (χ1n) is 12.2. The molecule has 0 unspecified atom stereocenters. The van der Waals surface area contributed by atoms with Crippen molar-refractivity contribution in [2.45, 2.75) is 76.8 Å². The predicted molar refractivity (Wildman–Crippen MR) is 114 cm³/mol. The second-order valence-electron chi connectivity index (χ2n) is 9.93. The van der Waals surface area contributed by atoms with Gasteiger partial charge in [0.1, 0.15) is 0 Å². The molecule has 1 amide bonds. The normalized spacial score (nSPS) is 28.7. The van der Waals surface area contributed by atoms with Crippen molar-refractivity contribution in [1.82, 2.24) is 19.6 Å². The first-order chi connectivity index (χ1) is 13.7. The fourth-order valence-corrected chi connectivity index (χ4v) is 5.91. The number of piperazine rings is 1. The van der Waals surface area contributed by atoms with Gasteiger partial charge in [-0.15, -0.1) is 0 Å². The summed E-state index contributed by atoms with van der Waals surface area (Å²) in [6.45, 7) is 11.9. The quantitative estimate of drug-likeness (QED) is 0.738. The Kier molecular flexibility index (Phi) is 7.29. The lowest BCUT2D eigenvalue weighted by atomic mass is 9.94. The number of hydrogen-bond donors (Lipinski definition) is 0. The zero-order valence-corrected chi connectivity index (χ0v) is 18.2. The number of carbonyl (C=O) groups excluding carboxylic acids is 1. The third-order valence-corrected chi connectivity index (χ3v) is 8.01. The molecule has 5 heteroatoms. The predicted octanol–water partition coefficient (Wildman–Crippen LogP) is 2.66. The molecule has 5 nitrogen and oxygen atoms in total. The van der Waals surface area contributed by atoms with E-state index < -0.39 is 0 Å². The van der Waals surface area contributed by atoms with E-state index in [9.17, 15) is 4.79 Å². The largest absolute Gasteiger partial charge is 0.339 e. The van der Waals surface area contributed by atoms with Gasteiger partial charge >= 0.3 is 0 Å². The molecule has 4 aliphatic rings. The number of nitrogens with zero attached hydrogens (tertiary/aromatic N) is 4. The maximum absolute atomic E-state index is 12.8. The van der Waals surface area contributed by atoms with Crippen LogP contribution >= 0.6 is 0 Å². The fourth-order valence-electron chi connectivity index (χ4n) is 5.91. The van der Waals surface area contributed by atoms with Gasteiger partial charge in [0.05, 0.1) is 6.54 Å². The minimum atomic E-state index is 0.369. The monoisotopic (exact) mass is 390 g/mol. The Labute approximate surface area is 172 Å². The molecule has 3 aliphatic heterocycles. The van der Waals surface area contributed by atoms with Crippen molar-refractivity contribution < 1.29 is 4.79 Å². The van der Waals surface area contributed by atoms with Crippen molar-refractivity contribution in [2.75, 3.05) is 58.9 Å². The smallest absolute Gasteiger partial charge is 0.236 e. The molecule has 1 aliphatic carbocycles. The van der Waals surface area contributed by atoms with E-state index in [1.54, 1.807) is 0 Å². The summed E-state index contributed by atoms with van der Waals surface area (Å²) in [5.41, 5.74) is 0. The fraction of sp³-hybridized carbons (Fsp3) is 0.957. The van der Waals surface area contributed by atoms with Crippen LogP contribution in [0, 0.1) is 5.92 Å². The molecule has 1 saturated carbocycles. The maximum atomic E-state index is 12.8. The highest BCUT2D eigenvalue weighted by Crippen LogP contribution is 2.25. The molecule has 4 rings (SSSR count). The lowest BCUT2D eigenvalue weighted by Gasteiger charge is -2.43. The molecule has 160 valence electrons. The summed E-state index contributed by atoms with van der Waals surface area (Å²) >= 11 is 0. The van der Waals surface area contributed by atoms with Crippen molar-refractivity contribution in [3.05, 3.63) is 0 Å². The molecule has 3 saturated heterocycles. The number of piperidine rings is 2. The molecular weight excluding hydrogens is 348 g/mol. The van der Waals surface area contributed by atoms with Crippen LogP contribution in [0.3, 0.4) is 0 Å². The van der Waals surface area contributed by atoms with Gasteiger partial charge in [-0.3, -0.25) is 14.6 Å². The SMILES string of the molecule is CC1CCN(C2CCN(CC(=O)N3CCN(C4CCCCC4)CC3)CC2)CC1. The minimum Gasteiger partial charge on any atom is -0.339 e. The van der Waals surface area contributed by atoms with Crippen LogP contribution in [0.2, 0.25) is 0 Å². The third-order valence-electron chi connectivity index (χ3n) is 8.01. The average molecular weight is 391 g/mol. The summed E-state index contributed by atoms with van der Waals surface area (Å²) in [5, 5.41) is 0. The molecule has 0 aromatic carbocycles. The van der Waals surface area contributed by atoms with Crippen LogP contribution in [-0.2, 0) is 4.79 Å². The molecule has 0 N–H and O–H groups in total. The molecular formula is C23H42N4O. The summed E-state index contributed by atoms with van der Waals surface area (Å²) in [6.07, 6.45) is 12.2. The molecule has 28 heavy (non-hydrogen) atoms. The summed E-state index contributed by atoms with van der Waals surface area (Å²) in [6, 6.07) is 1.56. The van der Waals surface area contributed by atoms with Crippen molar-refractivity contribution in [3.8, 4) is 0 Å². The van der Waals surface area contributed by atoms with Crippen molar-refractivity contribution in [1.29, 1.82) is 0 Å². The zero-order chi connectivity index (χ0) is 19.3. The lowest BCUT2D eigenvalue weighted by molar-refractivity contribution is -0.135. The number of hydrogen-bond acceptors (Lipinski definition) is 4. The van der Waals surface area contributed by atoms with E-state index in [4.69, 9.17) is 0 Å². The Morgan fingerprint density at radius 1 is 0.679 bits per heavy atom. The standard InChI is InChI=1S/C23H42N4O/c1-20-7-13-25(14-8-20)22-9-11-24(12-10-22)19-23(28)27-17-15-26(16-18-27)21-5-3-2-4-6-21/h20-22H,2-19H2,1H3. The van der Waals surface area contributed by atoms with Crippen molar-refractivity contribution >= 4 is 5.91 Å². The van der Waals surface area contributed by atoms with Crippen LogP contribution in [0.5, 0.6) is 0 Å². The molecule has 0 aromatic rings. The second-order valence-corrected chi connectivity index (χ2v) is 9.93. The van der Waals surface area contributed by atoms with Gasteiger partial charge in [0.25, 0.3) is 0 Å². The molecule has 0 bridgehead atoms. The van der Waals surface area contributed by atoms with Gasteiger partial charge in [-0.2, -0.15) is 0 Å². The highest BCUT2D eigenvalue weighted by Gasteiger charge is 2.30. The number of likely N-dealkylation sites (tertiary alicyclic amines) is 2. The second kappa shape index (κ2) is 9.90. The summed E-state index contributed by atoms with van der Waals surface area (Å²) in [4.78, 5) is 22.8. The summed E-state index contributed by atoms with van der Waals surface area (Å²) < 4.78 is 0. The molecule has 0 aromatic heterocycles. The van der Waals surface area contributed by atoms with E-state index >= 15 is 0 Å². The average Bonchev–Trinajstić information content (AvgIpc) is 2.76. The van der Waals surface area contributed by atoms with Gasteiger partial charge in [-0.1, -0.05) is 26.2 Å². The van der Waals surface area contributed by atoms with Gasteiger partial charge in [0.2, 0.25) is 5.91 Å². The molecule has 0 radical (unpaired) electrons. The van der Waals surface area contributed by atoms with Gasteiger partial charge in [-0.25, -0.2) is 0 Å². The highest BCUT2D eigenvalue weighted by molar-refractivity contribution is 5.78. The Hall–Kier alpha value is -0.650. The molecule has 3 heterocycles. The van der Waals surface area contributed by atoms with E-state index in [1.165, 1.54) is 70.9 Å². The number of rotatable bonds is 4. The van der Waals surface area contributed by atoms with E-state index in [2.05, 4.69) is 26.5 Å². The van der Waals surface area contributed by atoms with E-state index in [0.29, 0.717) is 12.5 Å². The summed E-state index contributed by atoms with van der Waals surface area (Å²) in [5.74, 6) is 1.28. The van der Waals surface area contributed by atoms with Crippen LogP contribution in [-0.4, -0.2) is 96.5 Å². The van der Waals surface area contributed by atoms with Gasteiger partial charge < -0.3 is 9.80 Å². The highest BCUT2D eigenvalue weighted by atomic mass is 16.2. The first kappa shape index (κ1) is 20.6. The minimum absolute atomic E-state index is 0.369. The van der Waals surface area contributed by atoms with Gasteiger partial charge in [-0.05, 0) is 57.5 Å². The maximum Gasteiger partial charge on any atom is 0.236 e. The molecule has 0 spiro atoms. The Balaban J connectivity index is 1.15. The number of carbonyl (C=O) groups is 1. The van der Waals surface area contributed by atoms with Crippen LogP contribution in [0.15, 0.2) is 0 Å². The third kappa shape index (κ3) is 5.28. The van der Waals surface area contributed by atoms with Crippen LogP contribution < -0.4 is 0 Å². The topological polar surface area (TPSA) is 30.0 Å². The Morgan fingerprint density at radius 3 is 1.89 bits per heavy atom. The Morgan fingerprint density at radius 2 is 1.25 bits per heavy atom. The lowest BCUT2D eigenvalue weighted by Crippen LogP contribution is -2.55. The molecule has 0 atom stereocenters. The zero-order valence-electron chi connectivity index (χ0n) is 18.2.